The number of pyridine rings is 1. The van der Waals surface area contributed by atoms with Crippen LogP contribution in [0.1, 0.15) is 31.5 Å². The van der Waals surface area contributed by atoms with Crippen molar-refractivity contribution in [2.75, 3.05) is 0 Å². The number of aromatic nitrogens is 1. The SMILES string of the molecule is CC1(C)CCc2[nH]c3c(Cl)cccc3c(=O)c2C1. The molecule has 3 rings (SSSR count). The predicted molar refractivity (Wildman–Crippen MR) is 75.4 cm³/mol. The number of fused-ring (bicyclic) bond motifs is 2. The van der Waals surface area contributed by atoms with Crippen LogP contribution in [0.5, 0.6) is 0 Å². The van der Waals surface area contributed by atoms with Crippen molar-refractivity contribution in [3.8, 4) is 0 Å². The van der Waals surface area contributed by atoms with E-state index in [1.54, 1.807) is 0 Å². The van der Waals surface area contributed by atoms with Gasteiger partial charge in [-0.1, -0.05) is 31.5 Å². The maximum absolute atomic E-state index is 12.5. The first kappa shape index (κ1) is 11.8. The third-order valence-corrected chi connectivity index (χ3v) is 4.19. The van der Waals surface area contributed by atoms with Gasteiger partial charge in [-0.2, -0.15) is 0 Å². The summed E-state index contributed by atoms with van der Waals surface area (Å²) >= 11 is 6.16. The molecule has 3 heteroatoms. The first-order valence-electron chi connectivity index (χ1n) is 6.30. The molecule has 94 valence electrons. The van der Waals surface area contributed by atoms with Crippen LogP contribution in [-0.4, -0.2) is 4.98 Å². The fourth-order valence-electron chi connectivity index (χ4n) is 2.80. The fourth-order valence-corrected chi connectivity index (χ4v) is 3.02. The molecule has 0 radical (unpaired) electrons. The molecule has 0 atom stereocenters. The second-order valence-corrected chi connectivity index (χ2v) is 6.32. The molecule has 0 saturated carbocycles. The van der Waals surface area contributed by atoms with E-state index in [0.717, 1.165) is 36.0 Å². The van der Waals surface area contributed by atoms with Crippen LogP contribution in [0.15, 0.2) is 23.0 Å². The average Bonchev–Trinajstić information content (AvgIpc) is 2.31. The van der Waals surface area contributed by atoms with E-state index >= 15 is 0 Å². The molecule has 0 aliphatic heterocycles. The summed E-state index contributed by atoms with van der Waals surface area (Å²) in [6.07, 6.45) is 2.88. The van der Waals surface area contributed by atoms with E-state index in [1.165, 1.54) is 0 Å². The van der Waals surface area contributed by atoms with Crippen molar-refractivity contribution >= 4 is 22.5 Å². The van der Waals surface area contributed by atoms with E-state index in [-0.39, 0.29) is 10.8 Å². The molecule has 0 unspecified atom stereocenters. The highest BCUT2D eigenvalue weighted by Gasteiger charge is 2.28. The minimum absolute atomic E-state index is 0.147. The Hall–Kier alpha value is -1.28. The number of benzene rings is 1. The van der Waals surface area contributed by atoms with Crippen LogP contribution in [0.25, 0.3) is 10.9 Å². The van der Waals surface area contributed by atoms with Crippen LogP contribution in [-0.2, 0) is 12.8 Å². The summed E-state index contributed by atoms with van der Waals surface area (Å²) in [5.41, 5.74) is 3.16. The molecule has 0 amide bonds. The Morgan fingerprint density at radius 2 is 2.11 bits per heavy atom. The molecule has 0 saturated heterocycles. The first-order valence-corrected chi connectivity index (χ1v) is 6.68. The van der Waals surface area contributed by atoms with Crippen molar-refractivity contribution < 1.29 is 0 Å². The Balaban J connectivity index is 2.34. The molecule has 0 spiro atoms. The molecule has 1 N–H and O–H groups in total. The van der Waals surface area contributed by atoms with Crippen molar-refractivity contribution in [3.63, 3.8) is 0 Å². The highest BCUT2D eigenvalue weighted by atomic mass is 35.5. The van der Waals surface area contributed by atoms with Gasteiger partial charge in [-0.05, 0) is 36.8 Å². The zero-order valence-electron chi connectivity index (χ0n) is 10.6. The topological polar surface area (TPSA) is 32.9 Å². The number of halogens is 1. The molecule has 0 fully saturated rings. The van der Waals surface area contributed by atoms with E-state index in [0.29, 0.717) is 10.4 Å². The Morgan fingerprint density at radius 1 is 1.33 bits per heavy atom. The number of aryl methyl sites for hydroxylation is 1. The third kappa shape index (κ3) is 1.76. The average molecular weight is 262 g/mol. The van der Waals surface area contributed by atoms with E-state index in [1.807, 2.05) is 18.2 Å². The monoisotopic (exact) mass is 261 g/mol. The van der Waals surface area contributed by atoms with Gasteiger partial charge in [-0.25, -0.2) is 0 Å². The maximum atomic E-state index is 12.5. The molecule has 2 aromatic rings. The standard InChI is InChI=1S/C15H16ClNO/c1-15(2)7-6-12-10(8-15)14(18)9-4-3-5-11(16)13(9)17-12/h3-5H,6-8H2,1-2H3,(H,17,18). The number of nitrogens with one attached hydrogen (secondary N) is 1. The van der Waals surface area contributed by atoms with Crippen molar-refractivity contribution in [2.24, 2.45) is 5.41 Å². The van der Waals surface area contributed by atoms with Gasteiger partial charge < -0.3 is 4.98 Å². The lowest BCUT2D eigenvalue weighted by molar-refractivity contribution is 0.312. The molecule has 1 aliphatic rings. The third-order valence-electron chi connectivity index (χ3n) is 3.88. The number of rotatable bonds is 0. The summed E-state index contributed by atoms with van der Waals surface area (Å²) in [7, 11) is 0. The van der Waals surface area contributed by atoms with Gasteiger partial charge in [0.15, 0.2) is 5.43 Å². The predicted octanol–water partition coefficient (Wildman–Crippen LogP) is 3.70. The first-order chi connectivity index (χ1) is 8.48. The Kier molecular flexibility index (Phi) is 2.53. The van der Waals surface area contributed by atoms with Crippen LogP contribution in [0, 0.1) is 5.41 Å². The van der Waals surface area contributed by atoms with Gasteiger partial charge >= 0.3 is 0 Å². The largest absolute Gasteiger partial charge is 0.357 e. The molecule has 18 heavy (non-hydrogen) atoms. The van der Waals surface area contributed by atoms with Gasteiger partial charge in [0.05, 0.1) is 10.5 Å². The highest BCUT2D eigenvalue weighted by Crippen LogP contribution is 2.33. The van der Waals surface area contributed by atoms with Crippen LogP contribution >= 0.6 is 11.6 Å². The number of hydrogen-bond donors (Lipinski definition) is 1. The van der Waals surface area contributed by atoms with Gasteiger partial charge in [-0.3, -0.25) is 4.79 Å². The lowest BCUT2D eigenvalue weighted by atomic mass is 9.75. The molecule has 1 heterocycles. The van der Waals surface area contributed by atoms with Crippen LogP contribution in [0.3, 0.4) is 0 Å². The van der Waals surface area contributed by atoms with Gasteiger partial charge in [0.1, 0.15) is 0 Å². The summed E-state index contributed by atoms with van der Waals surface area (Å²) in [4.78, 5) is 15.9. The normalized spacial score (nSPS) is 17.7. The maximum Gasteiger partial charge on any atom is 0.192 e. The minimum atomic E-state index is 0.147. The molecular formula is C15H16ClNO. The smallest absolute Gasteiger partial charge is 0.192 e. The van der Waals surface area contributed by atoms with Gasteiger partial charge in [0.2, 0.25) is 0 Å². The molecule has 1 aromatic carbocycles. The fraction of sp³-hybridized carbons (Fsp3) is 0.400. The zero-order valence-corrected chi connectivity index (χ0v) is 11.4. The lowest BCUT2D eigenvalue weighted by Crippen LogP contribution is -2.28. The Bertz CT molecular complexity index is 685. The number of aromatic amines is 1. The van der Waals surface area contributed by atoms with Gasteiger partial charge in [0, 0.05) is 16.6 Å². The summed E-state index contributed by atoms with van der Waals surface area (Å²) in [6.45, 7) is 4.44. The minimum Gasteiger partial charge on any atom is -0.357 e. The second-order valence-electron chi connectivity index (χ2n) is 5.91. The number of para-hydroxylation sites is 1. The van der Waals surface area contributed by atoms with E-state index in [2.05, 4.69) is 18.8 Å². The van der Waals surface area contributed by atoms with E-state index < -0.39 is 0 Å². The summed E-state index contributed by atoms with van der Waals surface area (Å²) < 4.78 is 0. The van der Waals surface area contributed by atoms with E-state index in [4.69, 9.17) is 11.6 Å². The van der Waals surface area contributed by atoms with Crippen LogP contribution in [0.2, 0.25) is 5.02 Å². The molecule has 0 bridgehead atoms. The quantitative estimate of drug-likeness (QED) is 0.771. The van der Waals surface area contributed by atoms with Crippen molar-refractivity contribution in [2.45, 2.75) is 33.1 Å². The molecule has 1 aromatic heterocycles. The highest BCUT2D eigenvalue weighted by molar-refractivity contribution is 6.35. The van der Waals surface area contributed by atoms with Crippen LogP contribution in [0.4, 0.5) is 0 Å². The lowest BCUT2D eigenvalue weighted by Gasteiger charge is -2.30. The van der Waals surface area contributed by atoms with E-state index in [9.17, 15) is 4.79 Å². The summed E-state index contributed by atoms with van der Waals surface area (Å²) in [5, 5.41) is 1.33. The molecule has 1 aliphatic carbocycles. The van der Waals surface area contributed by atoms with Crippen molar-refractivity contribution in [1.82, 2.24) is 4.98 Å². The zero-order chi connectivity index (χ0) is 12.9. The number of hydrogen-bond acceptors (Lipinski definition) is 1. The van der Waals surface area contributed by atoms with Gasteiger partial charge in [-0.15, -0.1) is 0 Å². The Morgan fingerprint density at radius 3 is 2.89 bits per heavy atom. The number of H-pyrrole nitrogens is 1. The molecular weight excluding hydrogens is 246 g/mol. The van der Waals surface area contributed by atoms with Crippen molar-refractivity contribution in [3.05, 3.63) is 44.7 Å². The van der Waals surface area contributed by atoms with Crippen molar-refractivity contribution in [1.29, 1.82) is 0 Å². The Labute approximate surface area is 111 Å². The van der Waals surface area contributed by atoms with Crippen LogP contribution < -0.4 is 5.43 Å². The van der Waals surface area contributed by atoms with Gasteiger partial charge in [0.25, 0.3) is 0 Å². The molecule has 2 nitrogen and oxygen atoms in total. The summed E-state index contributed by atoms with van der Waals surface area (Å²) in [5.74, 6) is 0. The second kappa shape index (κ2) is 3.86. The summed E-state index contributed by atoms with van der Waals surface area (Å²) in [6, 6.07) is 5.50.